The Hall–Kier alpha value is -1.62. The van der Waals surface area contributed by atoms with Crippen LogP contribution in [-0.4, -0.2) is 17.3 Å². The van der Waals surface area contributed by atoms with E-state index in [9.17, 15) is 4.79 Å². The Labute approximate surface area is 100 Å². The van der Waals surface area contributed by atoms with Crippen LogP contribution in [-0.2, 0) is 0 Å². The molecule has 1 heterocycles. The fourth-order valence-corrected chi connectivity index (χ4v) is 1.87. The van der Waals surface area contributed by atoms with Gasteiger partial charge in [-0.05, 0) is 40.2 Å². The molecule has 0 fully saturated rings. The van der Waals surface area contributed by atoms with Gasteiger partial charge < -0.3 is 4.74 Å². The molecule has 2 rings (SSSR count). The molecule has 0 radical (unpaired) electrons. The van der Waals surface area contributed by atoms with Gasteiger partial charge in [0.25, 0.3) is 5.56 Å². The minimum atomic E-state index is -0.212. The zero-order valence-corrected chi connectivity index (χ0v) is 10.1. The van der Waals surface area contributed by atoms with Crippen LogP contribution in [0, 0.1) is 0 Å². The SMILES string of the molecule is COc1ccc(-c2ccc(=O)[nH]n2)cc1Br. The highest BCUT2D eigenvalue weighted by Crippen LogP contribution is 2.29. The van der Waals surface area contributed by atoms with E-state index in [0.29, 0.717) is 5.69 Å². The van der Waals surface area contributed by atoms with Crippen LogP contribution >= 0.6 is 15.9 Å². The number of H-pyrrole nitrogens is 1. The Bertz CT molecular complexity index is 546. The lowest BCUT2D eigenvalue weighted by Crippen LogP contribution is -2.05. The molecule has 82 valence electrons. The monoisotopic (exact) mass is 280 g/mol. The molecule has 5 heteroatoms. The number of nitrogens with one attached hydrogen (secondary N) is 1. The summed E-state index contributed by atoms with van der Waals surface area (Å²) in [6.45, 7) is 0. The first-order valence-electron chi connectivity index (χ1n) is 4.60. The number of rotatable bonds is 2. The molecule has 0 aliphatic rings. The molecule has 0 spiro atoms. The van der Waals surface area contributed by atoms with E-state index in [1.165, 1.54) is 6.07 Å². The minimum absolute atomic E-state index is 0.212. The third-order valence-corrected chi connectivity index (χ3v) is 2.75. The zero-order chi connectivity index (χ0) is 11.5. The van der Waals surface area contributed by atoms with Crippen LogP contribution in [0.2, 0.25) is 0 Å². The van der Waals surface area contributed by atoms with Gasteiger partial charge in [0.1, 0.15) is 5.75 Å². The highest BCUT2D eigenvalue weighted by atomic mass is 79.9. The van der Waals surface area contributed by atoms with Gasteiger partial charge in [0.2, 0.25) is 0 Å². The van der Waals surface area contributed by atoms with Crippen molar-refractivity contribution < 1.29 is 4.74 Å². The highest BCUT2D eigenvalue weighted by molar-refractivity contribution is 9.10. The average molecular weight is 281 g/mol. The molecule has 0 unspecified atom stereocenters. The molecule has 4 nitrogen and oxygen atoms in total. The first kappa shape index (κ1) is 10.9. The summed E-state index contributed by atoms with van der Waals surface area (Å²) in [6, 6.07) is 8.73. The fourth-order valence-electron chi connectivity index (χ4n) is 1.33. The lowest BCUT2D eigenvalue weighted by Gasteiger charge is -2.05. The van der Waals surface area contributed by atoms with Crippen molar-refractivity contribution >= 4 is 15.9 Å². The lowest BCUT2D eigenvalue weighted by atomic mass is 10.1. The molecule has 16 heavy (non-hydrogen) atoms. The molecule has 2 aromatic rings. The number of aromatic amines is 1. The molecule has 0 atom stereocenters. The third-order valence-electron chi connectivity index (χ3n) is 2.13. The maximum atomic E-state index is 10.9. The summed E-state index contributed by atoms with van der Waals surface area (Å²) in [7, 11) is 1.61. The minimum Gasteiger partial charge on any atom is -0.496 e. The van der Waals surface area contributed by atoms with Crippen LogP contribution in [0.4, 0.5) is 0 Å². The Morgan fingerprint density at radius 2 is 2.12 bits per heavy atom. The Morgan fingerprint density at radius 3 is 2.69 bits per heavy atom. The van der Waals surface area contributed by atoms with Crippen LogP contribution < -0.4 is 10.3 Å². The molecule has 1 aromatic heterocycles. The van der Waals surface area contributed by atoms with Crippen LogP contribution in [0.3, 0.4) is 0 Å². The Morgan fingerprint density at radius 1 is 1.31 bits per heavy atom. The molecular weight excluding hydrogens is 272 g/mol. The second-order valence-corrected chi connectivity index (χ2v) is 4.01. The van der Waals surface area contributed by atoms with Gasteiger partial charge in [-0.1, -0.05) is 0 Å². The van der Waals surface area contributed by atoms with Gasteiger partial charge in [-0.2, -0.15) is 5.10 Å². The summed E-state index contributed by atoms with van der Waals surface area (Å²) < 4.78 is 5.98. The summed E-state index contributed by atoms with van der Waals surface area (Å²) >= 11 is 3.39. The van der Waals surface area contributed by atoms with Gasteiger partial charge in [-0.3, -0.25) is 4.79 Å². The first-order chi connectivity index (χ1) is 7.70. The lowest BCUT2D eigenvalue weighted by molar-refractivity contribution is 0.412. The van der Waals surface area contributed by atoms with E-state index in [1.54, 1.807) is 13.2 Å². The van der Waals surface area contributed by atoms with E-state index in [-0.39, 0.29) is 5.56 Å². The molecule has 0 bridgehead atoms. The second-order valence-electron chi connectivity index (χ2n) is 3.16. The fraction of sp³-hybridized carbons (Fsp3) is 0.0909. The van der Waals surface area contributed by atoms with Gasteiger partial charge in [0.05, 0.1) is 17.3 Å². The van der Waals surface area contributed by atoms with Crippen LogP contribution in [0.25, 0.3) is 11.3 Å². The maximum absolute atomic E-state index is 10.9. The number of methoxy groups -OCH3 is 1. The number of nitrogens with zero attached hydrogens (tertiary/aromatic N) is 1. The Balaban J connectivity index is 2.45. The van der Waals surface area contributed by atoms with Crippen molar-refractivity contribution in [1.82, 2.24) is 10.2 Å². The van der Waals surface area contributed by atoms with E-state index in [4.69, 9.17) is 4.74 Å². The van der Waals surface area contributed by atoms with E-state index in [1.807, 2.05) is 18.2 Å². The van der Waals surface area contributed by atoms with Crippen LogP contribution in [0.1, 0.15) is 0 Å². The van der Waals surface area contributed by atoms with E-state index in [2.05, 4.69) is 26.1 Å². The molecule has 0 aliphatic heterocycles. The van der Waals surface area contributed by atoms with Gasteiger partial charge >= 0.3 is 0 Å². The zero-order valence-electron chi connectivity index (χ0n) is 8.53. The average Bonchev–Trinajstić information content (AvgIpc) is 2.30. The van der Waals surface area contributed by atoms with E-state index >= 15 is 0 Å². The molecule has 0 aliphatic carbocycles. The Kier molecular flexibility index (Phi) is 3.05. The normalized spacial score (nSPS) is 10.1. The molecule has 0 saturated heterocycles. The molecule has 0 amide bonds. The van der Waals surface area contributed by atoms with Gasteiger partial charge in [-0.25, -0.2) is 5.10 Å². The topological polar surface area (TPSA) is 55.0 Å². The van der Waals surface area contributed by atoms with Crippen molar-refractivity contribution in [3.63, 3.8) is 0 Å². The molecule has 1 N–H and O–H groups in total. The largest absolute Gasteiger partial charge is 0.496 e. The number of halogens is 1. The van der Waals surface area contributed by atoms with Crippen molar-refractivity contribution in [3.05, 3.63) is 45.2 Å². The maximum Gasteiger partial charge on any atom is 0.264 e. The van der Waals surface area contributed by atoms with Gasteiger partial charge in [-0.15, -0.1) is 0 Å². The van der Waals surface area contributed by atoms with Gasteiger partial charge in [0.15, 0.2) is 0 Å². The number of benzene rings is 1. The van der Waals surface area contributed by atoms with Crippen molar-refractivity contribution in [3.8, 4) is 17.0 Å². The first-order valence-corrected chi connectivity index (χ1v) is 5.39. The second kappa shape index (κ2) is 4.49. The molecule has 0 saturated carbocycles. The van der Waals surface area contributed by atoms with Crippen LogP contribution in [0.5, 0.6) is 5.75 Å². The van der Waals surface area contributed by atoms with Crippen molar-refractivity contribution in [2.45, 2.75) is 0 Å². The predicted octanol–water partition coefficient (Wildman–Crippen LogP) is 2.21. The highest BCUT2D eigenvalue weighted by Gasteiger charge is 2.04. The van der Waals surface area contributed by atoms with Crippen molar-refractivity contribution in [1.29, 1.82) is 0 Å². The van der Waals surface area contributed by atoms with Crippen LogP contribution in [0.15, 0.2) is 39.6 Å². The van der Waals surface area contributed by atoms with Gasteiger partial charge in [0, 0.05) is 11.6 Å². The number of hydrogen-bond donors (Lipinski definition) is 1. The quantitative estimate of drug-likeness (QED) is 0.918. The van der Waals surface area contributed by atoms with E-state index in [0.717, 1.165) is 15.8 Å². The third kappa shape index (κ3) is 2.14. The van der Waals surface area contributed by atoms with Crippen molar-refractivity contribution in [2.75, 3.05) is 7.11 Å². The summed E-state index contributed by atoms with van der Waals surface area (Å²) in [5, 5.41) is 6.34. The molecular formula is C11H9BrN2O2. The summed E-state index contributed by atoms with van der Waals surface area (Å²) in [5.74, 6) is 0.758. The predicted molar refractivity (Wildman–Crippen MR) is 64.5 cm³/mol. The summed E-state index contributed by atoms with van der Waals surface area (Å²) in [5.41, 5.74) is 1.41. The summed E-state index contributed by atoms with van der Waals surface area (Å²) in [6.07, 6.45) is 0. The standard InChI is InChI=1S/C11H9BrN2O2/c1-16-10-4-2-7(6-8(10)12)9-3-5-11(15)14-13-9/h2-6H,1H3,(H,14,15). The van der Waals surface area contributed by atoms with E-state index < -0.39 is 0 Å². The smallest absolute Gasteiger partial charge is 0.264 e. The number of aromatic nitrogens is 2. The van der Waals surface area contributed by atoms with Crippen molar-refractivity contribution in [2.24, 2.45) is 0 Å². The summed E-state index contributed by atoms with van der Waals surface area (Å²) in [4.78, 5) is 10.9. The number of ether oxygens (including phenoxy) is 1. The number of hydrogen-bond acceptors (Lipinski definition) is 3. The molecule has 1 aromatic carbocycles.